The first-order valence-electron chi connectivity index (χ1n) is 9.35. The van der Waals surface area contributed by atoms with E-state index in [1.807, 2.05) is 0 Å². The molecule has 0 spiro atoms. The molecule has 0 aliphatic carbocycles. The van der Waals surface area contributed by atoms with Gasteiger partial charge < -0.3 is 31.7 Å². The molecule has 6 heteroatoms. The lowest BCUT2D eigenvalue weighted by Crippen LogP contribution is -3.00. The second kappa shape index (κ2) is 10.8. The summed E-state index contributed by atoms with van der Waals surface area (Å²) in [5.74, 6) is 0. The van der Waals surface area contributed by atoms with E-state index in [1.54, 1.807) is 14.2 Å². The van der Waals surface area contributed by atoms with Crippen LogP contribution in [0.3, 0.4) is 0 Å². The van der Waals surface area contributed by atoms with Crippen LogP contribution in [0.4, 0.5) is 0 Å². The van der Waals surface area contributed by atoms with Crippen molar-refractivity contribution < 1.29 is 26.4 Å². The number of rotatable bonds is 9. The number of quaternary nitrogens is 1. The van der Waals surface area contributed by atoms with Gasteiger partial charge in [0.15, 0.2) is 6.29 Å². The Morgan fingerprint density at radius 2 is 1.62 bits per heavy atom. The summed E-state index contributed by atoms with van der Waals surface area (Å²) >= 11 is 0. The van der Waals surface area contributed by atoms with Gasteiger partial charge >= 0.3 is 0 Å². The van der Waals surface area contributed by atoms with Crippen molar-refractivity contribution in [3.63, 3.8) is 0 Å². The van der Waals surface area contributed by atoms with Crippen molar-refractivity contribution in [2.75, 3.05) is 46.9 Å². The molecular formula is C20H34Cl2N2O2. The Labute approximate surface area is 171 Å². The average Bonchev–Trinajstić information content (AvgIpc) is 2.64. The number of methoxy groups -OCH3 is 2. The van der Waals surface area contributed by atoms with Crippen LogP contribution < -0.4 is 17.7 Å². The van der Waals surface area contributed by atoms with Crippen LogP contribution in [0.2, 0.25) is 0 Å². The molecule has 3 aliphatic heterocycles. The minimum atomic E-state index is -0.129. The van der Waals surface area contributed by atoms with Crippen molar-refractivity contribution in [2.45, 2.75) is 38.5 Å². The molecule has 1 aromatic carbocycles. The molecule has 2 bridgehead atoms. The minimum absolute atomic E-state index is 0. The quantitative estimate of drug-likeness (QED) is 0.362. The lowest BCUT2D eigenvalue weighted by atomic mass is 9.68. The Balaban J connectivity index is 0.00000169. The van der Waals surface area contributed by atoms with Crippen molar-refractivity contribution in [2.24, 2.45) is 5.41 Å². The Hall–Kier alpha value is -0.360. The molecule has 3 saturated heterocycles. The number of nitrogens with one attached hydrogen (secondary N) is 1. The van der Waals surface area contributed by atoms with Crippen molar-refractivity contribution in [1.29, 1.82) is 0 Å². The van der Waals surface area contributed by atoms with Crippen LogP contribution in [0.1, 0.15) is 31.2 Å². The largest absolute Gasteiger partial charge is 1.00 e. The zero-order valence-corrected chi connectivity index (χ0v) is 17.7. The van der Waals surface area contributed by atoms with E-state index in [2.05, 4.69) is 35.6 Å². The van der Waals surface area contributed by atoms with E-state index in [-0.39, 0.29) is 31.1 Å². The van der Waals surface area contributed by atoms with Crippen LogP contribution in [0.5, 0.6) is 0 Å². The van der Waals surface area contributed by atoms with Gasteiger partial charge in [-0.2, -0.15) is 0 Å². The SMILES string of the molecule is COC(CNCCC12CC[N+](Cc3ccccc3)(CC1)CC2)OC.Cl.[Cl-]. The zero-order valence-electron chi connectivity index (χ0n) is 16.1. The highest BCUT2D eigenvalue weighted by molar-refractivity contribution is 5.85. The molecule has 0 saturated carbocycles. The van der Waals surface area contributed by atoms with Gasteiger partial charge in [0.05, 0.1) is 19.6 Å². The Morgan fingerprint density at radius 3 is 2.15 bits per heavy atom. The van der Waals surface area contributed by atoms with E-state index in [9.17, 15) is 0 Å². The maximum atomic E-state index is 5.23. The van der Waals surface area contributed by atoms with Gasteiger partial charge in [0, 0.05) is 45.6 Å². The van der Waals surface area contributed by atoms with Crippen LogP contribution >= 0.6 is 12.4 Å². The third-order valence-electron chi connectivity index (χ3n) is 6.38. The van der Waals surface area contributed by atoms with Gasteiger partial charge in [-0.25, -0.2) is 0 Å². The van der Waals surface area contributed by atoms with Crippen molar-refractivity contribution in [3.05, 3.63) is 35.9 Å². The highest BCUT2D eigenvalue weighted by atomic mass is 35.5. The molecule has 4 rings (SSSR count). The lowest BCUT2D eigenvalue weighted by Gasteiger charge is -2.55. The molecule has 26 heavy (non-hydrogen) atoms. The molecule has 1 aromatic rings. The van der Waals surface area contributed by atoms with E-state index < -0.39 is 0 Å². The van der Waals surface area contributed by atoms with Gasteiger partial charge in [0.25, 0.3) is 0 Å². The first kappa shape index (κ1) is 23.7. The molecule has 0 unspecified atom stereocenters. The topological polar surface area (TPSA) is 30.5 Å². The van der Waals surface area contributed by atoms with Crippen LogP contribution in [0.15, 0.2) is 30.3 Å². The van der Waals surface area contributed by atoms with Gasteiger partial charge in [-0.15, -0.1) is 12.4 Å². The van der Waals surface area contributed by atoms with Crippen LogP contribution in [0, 0.1) is 5.41 Å². The minimum Gasteiger partial charge on any atom is -1.00 e. The van der Waals surface area contributed by atoms with Crippen molar-refractivity contribution in [1.82, 2.24) is 5.32 Å². The summed E-state index contributed by atoms with van der Waals surface area (Å²) in [6, 6.07) is 11.0. The summed E-state index contributed by atoms with van der Waals surface area (Å²) in [6.45, 7) is 7.13. The Bertz CT molecular complexity index is 487. The van der Waals surface area contributed by atoms with Gasteiger partial charge in [-0.1, -0.05) is 30.3 Å². The molecule has 3 fully saturated rings. The van der Waals surface area contributed by atoms with Gasteiger partial charge in [0.2, 0.25) is 0 Å². The van der Waals surface area contributed by atoms with E-state index in [4.69, 9.17) is 9.47 Å². The molecule has 150 valence electrons. The summed E-state index contributed by atoms with van der Waals surface area (Å²) < 4.78 is 11.8. The number of fused-ring (bicyclic) bond motifs is 3. The van der Waals surface area contributed by atoms with Crippen LogP contribution in [-0.2, 0) is 16.0 Å². The summed E-state index contributed by atoms with van der Waals surface area (Å²) in [7, 11) is 3.39. The highest BCUT2D eigenvalue weighted by Gasteiger charge is 2.48. The average molecular weight is 405 g/mol. The molecule has 3 heterocycles. The molecule has 1 N–H and O–H groups in total. The fourth-order valence-electron chi connectivity index (χ4n) is 4.55. The van der Waals surface area contributed by atoms with E-state index >= 15 is 0 Å². The smallest absolute Gasteiger partial charge is 0.169 e. The first-order valence-corrected chi connectivity index (χ1v) is 9.35. The van der Waals surface area contributed by atoms with Crippen molar-refractivity contribution >= 4 is 12.4 Å². The van der Waals surface area contributed by atoms with E-state index in [1.165, 1.54) is 61.9 Å². The molecular weight excluding hydrogens is 371 g/mol. The molecule has 0 amide bonds. The predicted octanol–water partition coefficient (Wildman–Crippen LogP) is 0.212. The maximum Gasteiger partial charge on any atom is 0.169 e. The monoisotopic (exact) mass is 404 g/mol. The number of benzene rings is 1. The fourth-order valence-corrected chi connectivity index (χ4v) is 4.55. The molecule has 3 aliphatic rings. The maximum absolute atomic E-state index is 5.23. The summed E-state index contributed by atoms with van der Waals surface area (Å²) in [5, 5.41) is 3.51. The number of nitrogens with zero attached hydrogens (tertiary/aromatic N) is 1. The molecule has 0 atom stereocenters. The molecule has 4 nitrogen and oxygen atoms in total. The Kier molecular flexibility index (Phi) is 9.87. The highest BCUT2D eigenvalue weighted by Crippen LogP contribution is 2.46. The first-order chi connectivity index (χ1) is 11.7. The van der Waals surface area contributed by atoms with E-state index in [0.29, 0.717) is 5.41 Å². The molecule has 0 radical (unpaired) electrons. The number of hydrogen-bond acceptors (Lipinski definition) is 3. The summed E-state index contributed by atoms with van der Waals surface area (Å²) in [5.41, 5.74) is 2.08. The fraction of sp³-hybridized carbons (Fsp3) is 0.700. The Morgan fingerprint density at radius 1 is 1.04 bits per heavy atom. The number of hydrogen-bond donors (Lipinski definition) is 1. The van der Waals surface area contributed by atoms with Gasteiger partial charge in [-0.05, 0) is 18.4 Å². The van der Waals surface area contributed by atoms with Gasteiger partial charge in [-0.3, -0.25) is 0 Å². The number of halogens is 2. The van der Waals surface area contributed by atoms with Crippen molar-refractivity contribution in [3.8, 4) is 0 Å². The van der Waals surface area contributed by atoms with Crippen LogP contribution in [-0.4, -0.2) is 57.7 Å². The normalized spacial score (nSPS) is 27.0. The standard InChI is InChI=1S/C20H33N2O2.2ClH/c1-23-19(24-2)16-21-12-8-20-9-13-22(14-10-20,15-11-20)17-18-6-4-3-5-7-18;;/h3-7,19,21H,8-17H2,1-2H3;2*1H/q+1;;/p-1. The predicted molar refractivity (Wildman–Crippen MR) is 104 cm³/mol. The second-order valence-corrected chi connectivity index (χ2v) is 7.76. The third-order valence-corrected chi connectivity index (χ3v) is 6.38. The van der Waals surface area contributed by atoms with Gasteiger partial charge in [0.1, 0.15) is 6.54 Å². The number of ether oxygens (including phenoxy) is 2. The molecule has 0 aromatic heterocycles. The summed E-state index contributed by atoms with van der Waals surface area (Å²) in [6.07, 6.45) is 5.33. The lowest BCUT2D eigenvalue weighted by molar-refractivity contribution is -0.957. The number of piperidine rings is 3. The van der Waals surface area contributed by atoms with E-state index in [0.717, 1.165) is 13.1 Å². The zero-order chi connectivity index (χ0) is 16.9. The third kappa shape index (κ3) is 5.82. The van der Waals surface area contributed by atoms with Crippen LogP contribution in [0.25, 0.3) is 0 Å². The summed E-state index contributed by atoms with van der Waals surface area (Å²) in [4.78, 5) is 0. The second-order valence-electron chi connectivity index (χ2n) is 7.76.